The van der Waals surface area contributed by atoms with Crippen LogP contribution in [0.5, 0.6) is 0 Å². The quantitative estimate of drug-likeness (QED) is 0.212. The Morgan fingerprint density at radius 1 is 0.571 bits per heavy atom. The van der Waals surface area contributed by atoms with Gasteiger partial charge in [-0.1, -0.05) is 147 Å². The maximum atomic E-state index is 3.82. The lowest BCUT2D eigenvalue weighted by atomic mass is 9.81. The van der Waals surface area contributed by atoms with Crippen LogP contribution in [0.3, 0.4) is 0 Å². The van der Waals surface area contributed by atoms with Crippen molar-refractivity contribution in [1.82, 2.24) is 5.32 Å². The highest BCUT2D eigenvalue weighted by Gasteiger charge is 2.37. The second-order valence-electron chi connectivity index (χ2n) is 11.8. The van der Waals surface area contributed by atoms with Gasteiger partial charge in [-0.15, -0.1) is 0 Å². The van der Waals surface area contributed by atoms with Crippen LogP contribution < -0.4 is 5.32 Å². The molecule has 0 unspecified atom stereocenters. The van der Waals surface area contributed by atoms with Crippen molar-refractivity contribution in [3.8, 4) is 22.3 Å². The highest BCUT2D eigenvalue weighted by atomic mass is 14.9. The van der Waals surface area contributed by atoms with Gasteiger partial charge in [-0.05, 0) is 73.8 Å². The smallest absolute Gasteiger partial charge is 0.0400 e. The second kappa shape index (κ2) is 10.8. The third kappa shape index (κ3) is 4.72. The summed E-state index contributed by atoms with van der Waals surface area (Å²) in [6.07, 6.45) is 3.21. The van der Waals surface area contributed by atoms with Crippen molar-refractivity contribution >= 4 is 16.5 Å². The Bertz CT molecular complexity index is 1910. The van der Waals surface area contributed by atoms with Gasteiger partial charge in [-0.25, -0.2) is 0 Å². The molecular weight excluding hydrogens is 506 g/mol. The zero-order valence-electron chi connectivity index (χ0n) is 24.3. The molecule has 0 aromatic heterocycles. The van der Waals surface area contributed by atoms with E-state index in [1.807, 2.05) is 0 Å². The van der Waals surface area contributed by atoms with E-state index in [0.29, 0.717) is 0 Å². The fourth-order valence-electron chi connectivity index (χ4n) is 6.55. The lowest BCUT2D eigenvalue weighted by Crippen LogP contribution is -2.15. The molecule has 1 aliphatic rings. The van der Waals surface area contributed by atoms with Crippen molar-refractivity contribution < 1.29 is 0 Å². The Balaban J connectivity index is 1.38. The predicted octanol–water partition coefficient (Wildman–Crippen LogP) is 10.2. The fourth-order valence-corrected chi connectivity index (χ4v) is 6.55. The summed E-state index contributed by atoms with van der Waals surface area (Å²) >= 11 is 0. The number of hydrogen-bond acceptors (Lipinski definition) is 1. The summed E-state index contributed by atoms with van der Waals surface area (Å²) < 4.78 is 0. The number of allylic oxidation sites excluding steroid dienone is 1. The van der Waals surface area contributed by atoms with E-state index < -0.39 is 0 Å². The molecule has 1 aliphatic carbocycles. The predicted molar refractivity (Wildman–Crippen MR) is 178 cm³/mol. The van der Waals surface area contributed by atoms with Crippen molar-refractivity contribution in [1.29, 1.82) is 0 Å². The molecule has 0 heterocycles. The van der Waals surface area contributed by atoms with E-state index in [1.165, 1.54) is 60.8 Å². The van der Waals surface area contributed by atoms with Crippen molar-refractivity contribution in [2.75, 3.05) is 0 Å². The first-order valence-corrected chi connectivity index (χ1v) is 14.9. The molecule has 1 heteroatoms. The summed E-state index contributed by atoms with van der Waals surface area (Å²) in [5.74, 6) is 0. The first kappa shape index (κ1) is 26.0. The lowest BCUT2D eigenvalue weighted by molar-refractivity contribution is 0.661. The van der Waals surface area contributed by atoms with Gasteiger partial charge in [0.15, 0.2) is 0 Å². The minimum atomic E-state index is -0.0722. The fraction of sp³-hybridized carbons (Fsp3) is 0.122. The van der Waals surface area contributed by atoms with Crippen molar-refractivity contribution in [3.63, 3.8) is 0 Å². The van der Waals surface area contributed by atoms with Crippen molar-refractivity contribution in [2.45, 2.75) is 32.2 Å². The Labute approximate surface area is 249 Å². The van der Waals surface area contributed by atoms with Gasteiger partial charge in [0.05, 0.1) is 0 Å². The monoisotopic (exact) mass is 541 g/mol. The van der Waals surface area contributed by atoms with Crippen LogP contribution in [0.25, 0.3) is 38.7 Å². The summed E-state index contributed by atoms with van der Waals surface area (Å²) in [5, 5.41) is 6.41. The summed E-state index contributed by atoms with van der Waals surface area (Å²) in [5.41, 5.74) is 12.9. The molecule has 0 amide bonds. The van der Waals surface area contributed by atoms with Crippen LogP contribution in [0.4, 0.5) is 0 Å². The molecule has 1 N–H and O–H groups in total. The highest BCUT2D eigenvalue weighted by Crippen LogP contribution is 2.53. The van der Waals surface area contributed by atoms with Gasteiger partial charge in [-0.2, -0.15) is 0 Å². The third-order valence-corrected chi connectivity index (χ3v) is 8.78. The Hall–Kier alpha value is -4.88. The van der Waals surface area contributed by atoms with Crippen LogP contribution in [0.2, 0.25) is 0 Å². The van der Waals surface area contributed by atoms with E-state index in [4.69, 9.17) is 0 Å². The summed E-state index contributed by atoms with van der Waals surface area (Å²) in [6.45, 7) is 5.51. The molecular formula is C41H35N. The maximum absolute atomic E-state index is 3.82. The van der Waals surface area contributed by atoms with Gasteiger partial charge in [0.1, 0.15) is 0 Å². The molecule has 42 heavy (non-hydrogen) atoms. The zero-order chi connectivity index (χ0) is 28.5. The van der Waals surface area contributed by atoms with Gasteiger partial charge in [-0.3, -0.25) is 0 Å². The molecule has 6 aromatic rings. The van der Waals surface area contributed by atoms with E-state index in [2.05, 4.69) is 165 Å². The summed E-state index contributed by atoms with van der Waals surface area (Å²) in [4.78, 5) is 0. The van der Waals surface area contributed by atoms with E-state index >= 15 is 0 Å². The minimum Gasteiger partial charge on any atom is -0.381 e. The number of nitrogens with one attached hydrogen (secondary N) is 1. The maximum Gasteiger partial charge on any atom is 0.0400 e. The Morgan fingerprint density at radius 2 is 1.19 bits per heavy atom. The average molecular weight is 542 g/mol. The molecule has 0 spiro atoms. The Kier molecular flexibility index (Phi) is 6.72. The number of benzene rings is 6. The standard InChI is InChI=1S/C41H35N/c1-41(2)37-23-13-22-35(40(37)36-26-31-18-9-10-19-32(31)27-38(36)41)33-20-11-12-21-34(33)39(25-24-29-14-5-3-6-15-29)42-28-30-16-7-4-8-17-30/h3-23,25-27,42H,24,28H2,1-2H3/b39-25-. The van der Waals surface area contributed by atoms with Crippen LogP contribution in [0.15, 0.2) is 146 Å². The summed E-state index contributed by atoms with van der Waals surface area (Å²) in [7, 11) is 0. The second-order valence-corrected chi connectivity index (χ2v) is 11.8. The topological polar surface area (TPSA) is 12.0 Å². The number of rotatable bonds is 7. The van der Waals surface area contributed by atoms with E-state index in [9.17, 15) is 0 Å². The molecule has 0 atom stereocenters. The van der Waals surface area contributed by atoms with E-state index in [-0.39, 0.29) is 5.41 Å². The lowest BCUT2D eigenvalue weighted by Gasteiger charge is -2.22. The molecule has 0 radical (unpaired) electrons. The average Bonchev–Trinajstić information content (AvgIpc) is 3.26. The van der Waals surface area contributed by atoms with Crippen LogP contribution >= 0.6 is 0 Å². The van der Waals surface area contributed by atoms with Crippen molar-refractivity contribution in [3.05, 3.63) is 173 Å². The zero-order valence-corrected chi connectivity index (χ0v) is 24.3. The summed E-state index contributed by atoms with van der Waals surface area (Å²) in [6, 6.07) is 50.7. The molecule has 0 saturated carbocycles. The number of hydrogen-bond donors (Lipinski definition) is 1. The molecule has 0 fully saturated rings. The molecule has 204 valence electrons. The minimum absolute atomic E-state index is 0.0722. The van der Waals surface area contributed by atoms with Gasteiger partial charge < -0.3 is 5.32 Å². The largest absolute Gasteiger partial charge is 0.381 e. The van der Waals surface area contributed by atoms with Crippen LogP contribution in [0.1, 0.15) is 41.7 Å². The Morgan fingerprint density at radius 3 is 1.95 bits per heavy atom. The van der Waals surface area contributed by atoms with Crippen LogP contribution in [0, 0.1) is 0 Å². The van der Waals surface area contributed by atoms with Gasteiger partial charge in [0, 0.05) is 23.2 Å². The highest BCUT2D eigenvalue weighted by molar-refractivity contribution is 6.00. The van der Waals surface area contributed by atoms with E-state index in [1.54, 1.807) is 0 Å². The molecule has 7 rings (SSSR count). The van der Waals surface area contributed by atoms with Gasteiger partial charge >= 0.3 is 0 Å². The van der Waals surface area contributed by atoms with Gasteiger partial charge in [0.25, 0.3) is 0 Å². The first-order valence-electron chi connectivity index (χ1n) is 14.9. The molecule has 0 bridgehead atoms. The SMILES string of the molecule is CC1(C)c2cc3ccccc3cc2-c2c(-c3ccccc3/C(=C/Cc3ccccc3)NCc3ccccc3)cccc21. The van der Waals surface area contributed by atoms with Crippen molar-refractivity contribution in [2.24, 2.45) is 0 Å². The molecule has 0 saturated heterocycles. The molecule has 0 aliphatic heterocycles. The van der Waals surface area contributed by atoms with Crippen LogP contribution in [-0.2, 0) is 18.4 Å². The van der Waals surface area contributed by atoms with Crippen LogP contribution in [-0.4, -0.2) is 0 Å². The molecule has 6 aromatic carbocycles. The normalized spacial score (nSPS) is 13.5. The molecule has 1 nitrogen and oxygen atoms in total. The van der Waals surface area contributed by atoms with Gasteiger partial charge in [0.2, 0.25) is 0 Å². The first-order chi connectivity index (χ1) is 20.6. The third-order valence-electron chi connectivity index (χ3n) is 8.78. The van der Waals surface area contributed by atoms with E-state index in [0.717, 1.165) is 18.7 Å². The number of fused-ring (bicyclic) bond motifs is 4.